The maximum Gasteiger partial charge on any atom is 0.165 e. The molecule has 2 nitrogen and oxygen atoms in total. The third-order valence-corrected chi connectivity index (χ3v) is 1.93. The van der Waals surface area contributed by atoms with E-state index in [0.29, 0.717) is 11.1 Å². The van der Waals surface area contributed by atoms with Gasteiger partial charge in [-0.3, -0.25) is 4.79 Å². The second kappa shape index (κ2) is 4.05. The molecule has 0 saturated carbocycles. The summed E-state index contributed by atoms with van der Waals surface area (Å²) in [6, 6.07) is 4.31. The van der Waals surface area contributed by atoms with Crippen molar-refractivity contribution in [3.05, 3.63) is 36.2 Å². The van der Waals surface area contributed by atoms with Crippen molar-refractivity contribution in [3.63, 3.8) is 0 Å². The lowest BCUT2D eigenvalue weighted by atomic mass is 10.0. The summed E-state index contributed by atoms with van der Waals surface area (Å²) >= 11 is 0. The highest BCUT2D eigenvalue weighted by molar-refractivity contribution is 6.18. The van der Waals surface area contributed by atoms with Gasteiger partial charge in [-0.05, 0) is 24.6 Å². The highest BCUT2D eigenvalue weighted by atomic mass is 19.1. The number of ketones is 1. The molecule has 0 heterocycles. The van der Waals surface area contributed by atoms with Crippen molar-refractivity contribution >= 4 is 11.4 Å². The summed E-state index contributed by atoms with van der Waals surface area (Å²) in [6.45, 7) is 4.96. The van der Waals surface area contributed by atoms with E-state index in [9.17, 15) is 9.18 Å². The molecule has 0 aliphatic rings. The zero-order chi connectivity index (χ0) is 10.7. The fourth-order valence-corrected chi connectivity index (χ4v) is 1.06. The van der Waals surface area contributed by atoms with Gasteiger partial charge in [0.1, 0.15) is 0 Å². The topological polar surface area (TPSA) is 26.3 Å². The zero-order valence-electron chi connectivity index (χ0n) is 8.13. The van der Waals surface area contributed by atoms with Gasteiger partial charge in [-0.1, -0.05) is 12.6 Å². The number of hydrogen-bond acceptors (Lipinski definition) is 2. The molecule has 0 amide bonds. The normalized spacial score (nSPS) is 9.64. The maximum absolute atomic E-state index is 13.2. The Bertz CT molecular complexity index is 383. The Morgan fingerprint density at radius 2 is 2.14 bits per heavy atom. The van der Waals surface area contributed by atoms with Crippen molar-refractivity contribution < 1.29 is 13.9 Å². The molecule has 74 valence electrons. The smallest absolute Gasteiger partial charge is 0.165 e. The average Bonchev–Trinajstić information content (AvgIpc) is 2.16. The molecule has 0 N–H and O–H groups in total. The van der Waals surface area contributed by atoms with Crippen LogP contribution in [0.25, 0.3) is 5.57 Å². The van der Waals surface area contributed by atoms with E-state index in [1.165, 1.54) is 26.2 Å². The lowest BCUT2D eigenvalue weighted by Crippen LogP contribution is -1.96. The Labute approximate surface area is 82.0 Å². The lowest BCUT2D eigenvalue weighted by molar-refractivity contribution is -0.111. The molecule has 0 unspecified atom stereocenters. The van der Waals surface area contributed by atoms with Gasteiger partial charge >= 0.3 is 0 Å². The van der Waals surface area contributed by atoms with Crippen LogP contribution < -0.4 is 4.74 Å². The standard InChI is InChI=1S/C11H11FO2/c1-7(8(2)13)9-4-5-11(14-3)10(12)6-9/h4-6H,1H2,2-3H3. The summed E-state index contributed by atoms with van der Waals surface area (Å²) in [6.07, 6.45) is 0. The van der Waals surface area contributed by atoms with Crippen LogP contribution in [0.4, 0.5) is 4.39 Å². The van der Waals surface area contributed by atoms with Crippen LogP contribution in [0.3, 0.4) is 0 Å². The van der Waals surface area contributed by atoms with Gasteiger partial charge in [-0.25, -0.2) is 4.39 Å². The van der Waals surface area contributed by atoms with E-state index in [1.54, 1.807) is 6.07 Å². The summed E-state index contributed by atoms with van der Waals surface area (Å²) in [5.41, 5.74) is 0.780. The van der Waals surface area contributed by atoms with Gasteiger partial charge in [0.25, 0.3) is 0 Å². The van der Waals surface area contributed by atoms with Crippen LogP contribution in [0, 0.1) is 5.82 Å². The minimum Gasteiger partial charge on any atom is -0.494 e. The van der Waals surface area contributed by atoms with Crippen molar-refractivity contribution in [2.24, 2.45) is 0 Å². The summed E-state index contributed by atoms with van der Waals surface area (Å²) in [5.74, 6) is -0.507. The summed E-state index contributed by atoms with van der Waals surface area (Å²) in [4.78, 5) is 11.0. The van der Waals surface area contributed by atoms with E-state index >= 15 is 0 Å². The second-order valence-electron chi connectivity index (χ2n) is 2.88. The quantitative estimate of drug-likeness (QED) is 0.691. The summed E-state index contributed by atoms with van der Waals surface area (Å²) in [7, 11) is 1.39. The van der Waals surface area contributed by atoms with Gasteiger partial charge in [-0.15, -0.1) is 0 Å². The Hall–Kier alpha value is -1.64. The van der Waals surface area contributed by atoms with Gasteiger partial charge in [-0.2, -0.15) is 0 Å². The van der Waals surface area contributed by atoms with Crippen LogP contribution in [0.2, 0.25) is 0 Å². The van der Waals surface area contributed by atoms with E-state index in [1.807, 2.05) is 0 Å². The fourth-order valence-electron chi connectivity index (χ4n) is 1.06. The Morgan fingerprint density at radius 1 is 1.50 bits per heavy atom. The average molecular weight is 194 g/mol. The fraction of sp³-hybridized carbons (Fsp3) is 0.182. The second-order valence-corrected chi connectivity index (χ2v) is 2.88. The molecule has 0 saturated heterocycles. The van der Waals surface area contributed by atoms with E-state index in [2.05, 4.69) is 6.58 Å². The van der Waals surface area contributed by atoms with Gasteiger partial charge in [0.15, 0.2) is 17.3 Å². The zero-order valence-corrected chi connectivity index (χ0v) is 8.13. The molecule has 0 aromatic heterocycles. The number of benzene rings is 1. The Morgan fingerprint density at radius 3 is 2.57 bits per heavy atom. The van der Waals surface area contributed by atoms with Crippen LogP contribution in [-0.2, 0) is 4.79 Å². The molecular weight excluding hydrogens is 183 g/mol. The van der Waals surface area contributed by atoms with Crippen LogP contribution >= 0.6 is 0 Å². The molecule has 1 aromatic rings. The molecule has 1 rings (SSSR count). The number of ether oxygens (including phenoxy) is 1. The third-order valence-electron chi connectivity index (χ3n) is 1.93. The van der Waals surface area contributed by atoms with E-state index < -0.39 is 5.82 Å². The van der Waals surface area contributed by atoms with Crippen LogP contribution in [0.1, 0.15) is 12.5 Å². The monoisotopic (exact) mass is 194 g/mol. The van der Waals surface area contributed by atoms with E-state index in [-0.39, 0.29) is 11.5 Å². The van der Waals surface area contributed by atoms with Crippen molar-refractivity contribution in [2.75, 3.05) is 7.11 Å². The highest BCUT2D eigenvalue weighted by Gasteiger charge is 2.08. The predicted octanol–water partition coefficient (Wildman–Crippen LogP) is 2.44. The largest absolute Gasteiger partial charge is 0.494 e. The number of hydrogen-bond donors (Lipinski definition) is 0. The first-order valence-electron chi connectivity index (χ1n) is 4.10. The SMILES string of the molecule is C=C(C(C)=O)c1ccc(OC)c(F)c1. The highest BCUT2D eigenvalue weighted by Crippen LogP contribution is 2.21. The summed E-state index contributed by atoms with van der Waals surface area (Å²) in [5, 5.41) is 0. The van der Waals surface area contributed by atoms with Crippen molar-refractivity contribution in [2.45, 2.75) is 6.92 Å². The molecule has 0 bridgehead atoms. The van der Waals surface area contributed by atoms with E-state index in [0.717, 1.165) is 0 Å². The number of carbonyl (C=O) groups excluding carboxylic acids is 1. The lowest BCUT2D eigenvalue weighted by Gasteiger charge is -2.05. The number of halogens is 1. The molecule has 0 aliphatic carbocycles. The molecule has 0 atom stereocenters. The Kier molecular flexibility index (Phi) is 3.02. The molecular formula is C11H11FO2. The summed E-state index contributed by atoms with van der Waals surface area (Å²) < 4.78 is 17.9. The van der Waals surface area contributed by atoms with Crippen molar-refractivity contribution in [3.8, 4) is 5.75 Å². The van der Waals surface area contributed by atoms with Crippen LogP contribution in [-0.4, -0.2) is 12.9 Å². The van der Waals surface area contributed by atoms with Gasteiger partial charge < -0.3 is 4.74 Å². The number of carbonyl (C=O) groups is 1. The number of allylic oxidation sites excluding steroid dienone is 1. The van der Waals surface area contributed by atoms with Gasteiger partial charge in [0.2, 0.25) is 0 Å². The van der Waals surface area contributed by atoms with Crippen LogP contribution in [0.5, 0.6) is 5.75 Å². The van der Waals surface area contributed by atoms with Gasteiger partial charge in [0, 0.05) is 5.57 Å². The number of methoxy groups -OCH3 is 1. The number of Topliss-reactive ketones (excluding diaryl/α,β-unsaturated/α-hetero) is 1. The first-order chi connectivity index (χ1) is 6.56. The predicted molar refractivity (Wildman–Crippen MR) is 52.7 cm³/mol. The first kappa shape index (κ1) is 10.4. The van der Waals surface area contributed by atoms with E-state index in [4.69, 9.17) is 4.74 Å². The molecule has 0 spiro atoms. The van der Waals surface area contributed by atoms with Crippen molar-refractivity contribution in [1.29, 1.82) is 0 Å². The number of rotatable bonds is 3. The van der Waals surface area contributed by atoms with Gasteiger partial charge in [0.05, 0.1) is 7.11 Å². The van der Waals surface area contributed by atoms with Crippen molar-refractivity contribution in [1.82, 2.24) is 0 Å². The van der Waals surface area contributed by atoms with Crippen LogP contribution in [0.15, 0.2) is 24.8 Å². The molecule has 1 aromatic carbocycles. The molecule has 3 heteroatoms. The maximum atomic E-state index is 13.2. The molecule has 0 aliphatic heterocycles. The third kappa shape index (κ3) is 1.99. The first-order valence-corrected chi connectivity index (χ1v) is 4.10. The molecule has 14 heavy (non-hydrogen) atoms. The Balaban J connectivity index is 3.09. The minimum atomic E-state index is -0.493. The minimum absolute atomic E-state index is 0.158. The molecule has 0 fully saturated rings. The molecule has 0 radical (unpaired) electrons.